The summed E-state index contributed by atoms with van der Waals surface area (Å²) in [7, 11) is 0. The maximum absolute atomic E-state index is 2.08. The fraction of sp³-hybridized carbons (Fsp3) is 0.167. The van der Waals surface area contributed by atoms with E-state index in [1.807, 2.05) is 24.3 Å². The average Bonchev–Trinajstić information content (AvgIpc) is 2.63. The molecular weight excluding hydrogens is 273 g/mol. The first-order chi connectivity index (χ1) is 5.79. The zero-order valence-electron chi connectivity index (χ0n) is 8.87. The summed E-state index contributed by atoms with van der Waals surface area (Å²) >= 11 is 0. The summed E-state index contributed by atoms with van der Waals surface area (Å²) in [5.41, 5.74) is 2.69. The molecule has 0 aliphatic carbocycles. The van der Waals surface area contributed by atoms with Gasteiger partial charge in [-0.1, -0.05) is 13.8 Å². The monoisotopic (exact) mass is 286 g/mol. The Morgan fingerprint density at radius 1 is 0.600 bits per heavy atom. The van der Waals surface area contributed by atoms with Crippen LogP contribution in [0.5, 0.6) is 0 Å². The molecule has 0 N–H and O–H groups in total. The summed E-state index contributed by atoms with van der Waals surface area (Å²) in [6, 6.07) is 16.5. The van der Waals surface area contributed by atoms with Crippen LogP contribution in [0, 0.1) is 13.8 Å². The minimum absolute atomic E-state index is 0. The fourth-order valence-electron chi connectivity index (χ4n) is 0.940. The molecule has 0 saturated heterocycles. The third-order valence-corrected chi connectivity index (χ3v) is 1.66. The Hall–Kier alpha value is -0.557. The van der Waals surface area contributed by atoms with Crippen molar-refractivity contribution in [1.82, 2.24) is 0 Å². The number of hydrogen-bond donors (Lipinski definition) is 0. The molecule has 0 unspecified atom stereocenters. The van der Waals surface area contributed by atoms with Gasteiger partial charge in [0.05, 0.1) is 0 Å². The Balaban J connectivity index is -0.000000160. The topological polar surface area (TPSA) is 0 Å². The molecule has 3 heteroatoms. The zero-order chi connectivity index (χ0) is 8.81. The van der Waals surface area contributed by atoms with Gasteiger partial charge in [-0.15, -0.1) is 0 Å². The van der Waals surface area contributed by atoms with Crippen molar-refractivity contribution in [3.63, 3.8) is 0 Å². The molecule has 0 radical (unpaired) electrons. The number of aryl methyl sites for hydroxylation is 2. The Morgan fingerprint density at radius 3 is 0.867 bits per heavy atom. The van der Waals surface area contributed by atoms with Gasteiger partial charge in [0, 0.05) is 0 Å². The molecule has 0 aromatic heterocycles. The molecule has 0 spiro atoms. The maximum atomic E-state index is 2.08. The van der Waals surface area contributed by atoms with Gasteiger partial charge in [-0.2, -0.15) is 35.4 Å². The van der Waals surface area contributed by atoms with Gasteiger partial charge in [0.25, 0.3) is 0 Å². The predicted octanol–water partition coefficient (Wildman–Crippen LogP) is -2.57. The smallest absolute Gasteiger partial charge is 1.00 e. The molecule has 2 rings (SSSR count). The van der Waals surface area contributed by atoms with Crippen molar-refractivity contribution in [1.29, 1.82) is 0 Å². The summed E-state index contributed by atoms with van der Waals surface area (Å²) in [6.07, 6.45) is 0. The van der Waals surface area contributed by atoms with E-state index in [2.05, 4.69) is 38.1 Å². The summed E-state index contributed by atoms with van der Waals surface area (Å²) in [5, 5.41) is 0. The molecule has 2 aromatic carbocycles. The molecule has 0 amide bonds. The molecule has 15 heavy (non-hydrogen) atoms. The van der Waals surface area contributed by atoms with Crippen LogP contribution < -0.4 is 9.41 Å². The van der Waals surface area contributed by atoms with Crippen molar-refractivity contribution >= 4 is 0 Å². The van der Waals surface area contributed by atoms with Gasteiger partial charge in [0.1, 0.15) is 0 Å². The number of hydrogen-bond acceptors (Lipinski definition) is 0. The zero-order valence-corrected chi connectivity index (χ0v) is 11.3. The van der Waals surface area contributed by atoms with E-state index in [9.17, 15) is 0 Å². The van der Waals surface area contributed by atoms with Crippen molar-refractivity contribution in [3.05, 3.63) is 59.7 Å². The second-order valence-corrected chi connectivity index (χ2v) is 2.92. The molecule has 2 aromatic rings. The minimum Gasteiger partial charge on any atom is -1.00 e. The SMILES string of the molecule is C[c-]1cccc1.C[c-]1cccc1.[F-].[F-].[Zr+4]. The molecule has 0 nitrogen and oxygen atoms in total. The van der Waals surface area contributed by atoms with E-state index in [-0.39, 0.29) is 35.6 Å². The van der Waals surface area contributed by atoms with E-state index < -0.39 is 0 Å². The predicted molar refractivity (Wildman–Crippen MR) is 53.5 cm³/mol. The minimum atomic E-state index is 0. The van der Waals surface area contributed by atoms with Gasteiger partial charge in [-0.3, -0.25) is 0 Å². The summed E-state index contributed by atoms with van der Waals surface area (Å²) in [4.78, 5) is 0. The molecular formula is C12H14F2Zr. The van der Waals surface area contributed by atoms with Gasteiger partial charge in [-0.25, -0.2) is 24.3 Å². The van der Waals surface area contributed by atoms with Crippen molar-refractivity contribution < 1.29 is 35.6 Å². The van der Waals surface area contributed by atoms with Crippen LogP contribution in [0.1, 0.15) is 11.1 Å². The first-order valence-electron chi connectivity index (χ1n) is 4.15. The third kappa shape index (κ3) is 9.74. The van der Waals surface area contributed by atoms with Crippen molar-refractivity contribution in [2.75, 3.05) is 0 Å². The van der Waals surface area contributed by atoms with Crippen LogP contribution in [0.2, 0.25) is 0 Å². The quantitative estimate of drug-likeness (QED) is 0.468. The van der Waals surface area contributed by atoms with E-state index in [1.54, 1.807) is 0 Å². The van der Waals surface area contributed by atoms with Crippen LogP contribution in [-0.4, -0.2) is 0 Å². The number of halogens is 2. The Labute approximate surface area is 109 Å². The van der Waals surface area contributed by atoms with Crippen LogP contribution >= 0.6 is 0 Å². The van der Waals surface area contributed by atoms with Gasteiger partial charge in [-0.05, 0) is 0 Å². The molecule has 0 aliphatic rings. The molecule has 0 fully saturated rings. The second kappa shape index (κ2) is 11.5. The third-order valence-electron chi connectivity index (χ3n) is 1.66. The van der Waals surface area contributed by atoms with Gasteiger partial charge in [0.15, 0.2) is 0 Å². The fourth-order valence-corrected chi connectivity index (χ4v) is 0.940. The molecule has 0 atom stereocenters. The Morgan fingerprint density at radius 2 is 0.800 bits per heavy atom. The average molecular weight is 287 g/mol. The Kier molecular flexibility index (Phi) is 15.3. The molecule has 0 aliphatic heterocycles. The first-order valence-corrected chi connectivity index (χ1v) is 4.15. The van der Waals surface area contributed by atoms with Crippen LogP contribution in [-0.2, 0) is 26.2 Å². The summed E-state index contributed by atoms with van der Waals surface area (Å²) < 4.78 is 0. The second-order valence-electron chi connectivity index (χ2n) is 2.92. The molecule has 80 valence electrons. The van der Waals surface area contributed by atoms with E-state index >= 15 is 0 Å². The van der Waals surface area contributed by atoms with Crippen molar-refractivity contribution in [2.24, 2.45) is 0 Å². The standard InChI is InChI=1S/2C6H7.2FH.Zr/c2*1-6-4-2-3-5-6;;;/h2*2-5H,1H3;2*1H;/q2*-1;;;+4/p-2. The normalized spacial score (nSPS) is 7.07. The molecule has 0 bridgehead atoms. The van der Waals surface area contributed by atoms with Crippen LogP contribution in [0.25, 0.3) is 0 Å². The van der Waals surface area contributed by atoms with Gasteiger partial charge >= 0.3 is 26.2 Å². The number of rotatable bonds is 0. The van der Waals surface area contributed by atoms with Gasteiger partial charge in [0.2, 0.25) is 0 Å². The van der Waals surface area contributed by atoms with E-state index in [0.717, 1.165) is 0 Å². The largest absolute Gasteiger partial charge is 4.00 e. The summed E-state index contributed by atoms with van der Waals surface area (Å²) in [5.74, 6) is 0. The first kappa shape index (κ1) is 19.9. The van der Waals surface area contributed by atoms with Crippen molar-refractivity contribution in [3.8, 4) is 0 Å². The van der Waals surface area contributed by atoms with Crippen molar-refractivity contribution in [2.45, 2.75) is 13.8 Å². The Bertz CT molecular complexity index is 253. The van der Waals surface area contributed by atoms with Crippen LogP contribution in [0.4, 0.5) is 0 Å². The summed E-state index contributed by atoms with van der Waals surface area (Å²) in [6.45, 7) is 4.17. The van der Waals surface area contributed by atoms with Crippen LogP contribution in [0.15, 0.2) is 48.5 Å². The van der Waals surface area contributed by atoms with Crippen LogP contribution in [0.3, 0.4) is 0 Å². The van der Waals surface area contributed by atoms with E-state index in [0.29, 0.717) is 0 Å². The molecule has 0 heterocycles. The van der Waals surface area contributed by atoms with E-state index in [4.69, 9.17) is 0 Å². The molecule has 0 saturated carbocycles. The van der Waals surface area contributed by atoms with Gasteiger partial charge < -0.3 is 9.41 Å². The maximum Gasteiger partial charge on any atom is 4.00 e. The van der Waals surface area contributed by atoms with E-state index in [1.165, 1.54) is 11.1 Å².